The summed E-state index contributed by atoms with van der Waals surface area (Å²) in [4.78, 5) is 13.9. The van der Waals surface area contributed by atoms with Crippen LogP contribution in [0.25, 0.3) is 0 Å². The lowest BCUT2D eigenvalue weighted by Crippen LogP contribution is -2.38. The van der Waals surface area contributed by atoms with Gasteiger partial charge in [0.25, 0.3) is 5.69 Å². The van der Waals surface area contributed by atoms with Gasteiger partial charge < -0.3 is 10.1 Å². The summed E-state index contributed by atoms with van der Waals surface area (Å²) in [6, 6.07) is 3.29. The van der Waals surface area contributed by atoms with Gasteiger partial charge >= 0.3 is 0 Å². The third-order valence-corrected chi connectivity index (χ3v) is 2.78. The number of rotatable bonds is 4. The van der Waals surface area contributed by atoms with E-state index in [1.54, 1.807) is 0 Å². The molecule has 0 bridgehead atoms. The highest BCUT2D eigenvalue weighted by Gasteiger charge is 2.13. The molecular weight excluding hydrogens is 222 g/mol. The molecule has 0 unspecified atom stereocenters. The van der Waals surface area contributed by atoms with Crippen LogP contribution in [0, 0.1) is 10.1 Å². The van der Waals surface area contributed by atoms with Crippen LogP contribution in [-0.4, -0.2) is 29.1 Å². The van der Waals surface area contributed by atoms with Crippen molar-refractivity contribution in [2.24, 2.45) is 0 Å². The Morgan fingerprint density at radius 1 is 1.53 bits per heavy atom. The number of pyridine rings is 1. The normalized spacial score (nSPS) is 19.9. The van der Waals surface area contributed by atoms with Crippen molar-refractivity contribution in [3.63, 3.8) is 0 Å². The minimum Gasteiger partial charge on any atom is -0.476 e. The molecule has 1 N–H and O–H groups in total. The molecule has 1 saturated heterocycles. The summed E-state index contributed by atoms with van der Waals surface area (Å²) in [6.07, 6.45) is 4.75. The first-order valence-electron chi connectivity index (χ1n) is 5.72. The predicted molar refractivity (Wildman–Crippen MR) is 62.0 cm³/mol. The van der Waals surface area contributed by atoms with Gasteiger partial charge in [0, 0.05) is 18.2 Å². The average molecular weight is 237 g/mol. The molecule has 1 aliphatic heterocycles. The van der Waals surface area contributed by atoms with Crippen LogP contribution in [0.3, 0.4) is 0 Å². The number of hydrogen-bond acceptors (Lipinski definition) is 5. The molecule has 6 heteroatoms. The molecule has 0 aromatic carbocycles. The maximum Gasteiger partial charge on any atom is 0.287 e. The summed E-state index contributed by atoms with van der Waals surface area (Å²) >= 11 is 0. The summed E-state index contributed by atoms with van der Waals surface area (Å²) in [7, 11) is 0. The van der Waals surface area contributed by atoms with Crippen molar-refractivity contribution in [3.05, 3.63) is 28.4 Å². The van der Waals surface area contributed by atoms with Crippen molar-refractivity contribution >= 4 is 5.69 Å². The Labute approximate surface area is 99.2 Å². The van der Waals surface area contributed by atoms with Crippen molar-refractivity contribution in [3.8, 4) is 5.88 Å². The van der Waals surface area contributed by atoms with E-state index in [0.717, 1.165) is 13.0 Å². The highest BCUT2D eigenvalue weighted by molar-refractivity contribution is 5.28. The molecule has 17 heavy (non-hydrogen) atoms. The standard InChI is InChI=1S/C11H15N3O3/c15-14(16)10-4-5-11(13-7-10)17-8-9-3-1-2-6-12-9/h4-5,7,9,12H,1-3,6,8H2/t9-/m1/s1. The number of aromatic nitrogens is 1. The van der Waals surface area contributed by atoms with Gasteiger partial charge in [-0.15, -0.1) is 0 Å². The Kier molecular flexibility index (Phi) is 3.87. The Hall–Kier alpha value is -1.69. The monoisotopic (exact) mass is 237 g/mol. The molecule has 1 aromatic rings. The number of piperidine rings is 1. The first-order chi connectivity index (χ1) is 8.25. The zero-order chi connectivity index (χ0) is 12.1. The fourth-order valence-electron chi connectivity index (χ4n) is 1.82. The van der Waals surface area contributed by atoms with Gasteiger partial charge in [-0.3, -0.25) is 10.1 Å². The number of ether oxygens (including phenoxy) is 1. The van der Waals surface area contributed by atoms with E-state index < -0.39 is 4.92 Å². The lowest BCUT2D eigenvalue weighted by molar-refractivity contribution is -0.385. The Bertz CT molecular complexity index is 374. The lowest BCUT2D eigenvalue weighted by atomic mass is 10.1. The molecule has 0 radical (unpaired) electrons. The first-order valence-corrected chi connectivity index (χ1v) is 5.72. The van der Waals surface area contributed by atoms with Gasteiger partial charge in [0.05, 0.1) is 4.92 Å². The number of nitrogens with zero attached hydrogens (tertiary/aromatic N) is 2. The van der Waals surface area contributed by atoms with Crippen molar-refractivity contribution < 1.29 is 9.66 Å². The van der Waals surface area contributed by atoms with Gasteiger partial charge in [0.1, 0.15) is 12.8 Å². The van der Waals surface area contributed by atoms with Gasteiger partial charge in [0.2, 0.25) is 5.88 Å². The second kappa shape index (κ2) is 5.58. The largest absolute Gasteiger partial charge is 0.476 e. The van der Waals surface area contributed by atoms with E-state index in [-0.39, 0.29) is 5.69 Å². The van der Waals surface area contributed by atoms with E-state index in [4.69, 9.17) is 4.74 Å². The Morgan fingerprint density at radius 2 is 2.41 bits per heavy atom. The predicted octanol–water partition coefficient (Wildman–Crippen LogP) is 1.51. The molecule has 92 valence electrons. The van der Waals surface area contributed by atoms with Crippen molar-refractivity contribution in [1.82, 2.24) is 10.3 Å². The van der Waals surface area contributed by atoms with Crippen LogP contribution in [0.2, 0.25) is 0 Å². The fourth-order valence-corrected chi connectivity index (χ4v) is 1.82. The molecule has 1 aliphatic rings. The van der Waals surface area contributed by atoms with E-state index in [1.807, 2.05) is 0 Å². The van der Waals surface area contributed by atoms with Crippen LogP contribution in [-0.2, 0) is 0 Å². The van der Waals surface area contributed by atoms with Crippen LogP contribution in [0.5, 0.6) is 5.88 Å². The molecule has 6 nitrogen and oxygen atoms in total. The lowest BCUT2D eigenvalue weighted by Gasteiger charge is -2.23. The SMILES string of the molecule is O=[N+]([O-])c1ccc(OC[C@H]2CCCCN2)nc1. The molecule has 2 rings (SSSR count). The summed E-state index contributed by atoms with van der Waals surface area (Å²) in [6.45, 7) is 1.59. The molecule has 0 spiro atoms. The van der Waals surface area contributed by atoms with Crippen LogP contribution in [0.1, 0.15) is 19.3 Å². The van der Waals surface area contributed by atoms with Crippen LogP contribution in [0.4, 0.5) is 5.69 Å². The van der Waals surface area contributed by atoms with E-state index in [2.05, 4.69) is 10.3 Å². The molecule has 0 saturated carbocycles. The molecule has 2 heterocycles. The smallest absolute Gasteiger partial charge is 0.287 e. The summed E-state index contributed by atoms with van der Waals surface area (Å²) < 4.78 is 5.48. The van der Waals surface area contributed by atoms with E-state index >= 15 is 0 Å². The maximum absolute atomic E-state index is 10.4. The summed E-state index contributed by atoms with van der Waals surface area (Å²) in [5, 5.41) is 13.8. The van der Waals surface area contributed by atoms with Gasteiger partial charge in [-0.05, 0) is 19.4 Å². The van der Waals surface area contributed by atoms with E-state index in [9.17, 15) is 10.1 Å². The van der Waals surface area contributed by atoms with Crippen molar-refractivity contribution in [2.75, 3.05) is 13.2 Å². The zero-order valence-electron chi connectivity index (χ0n) is 9.46. The van der Waals surface area contributed by atoms with Crippen molar-refractivity contribution in [1.29, 1.82) is 0 Å². The molecule has 0 amide bonds. The highest BCUT2D eigenvalue weighted by atomic mass is 16.6. The van der Waals surface area contributed by atoms with E-state index in [0.29, 0.717) is 18.5 Å². The molecular formula is C11H15N3O3. The van der Waals surface area contributed by atoms with E-state index in [1.165, 1.54) is 31.2 Å². The van der Waals surface area contributed by atoms with Crippen LogP contribution >= 0.6 is 0 Å². The Morgan fingerprint density at radius 3 is 3.00 bits per heavy atom. The molecule has 1 atom stereocenters. The van der Waals surface area contributed by atoms with Crippen molar-refractivity contribution in [2.45, 2.75) is 25.3 Å². The van der Waals surface area contributed by atoms with Gasteiger partial charge in [-0.2, -0.15) is 0 Å². The topological polar surface area (TPSA) is 77.3 Å². The Balaban J connectivity index is 1.84. The van der Waals surface area contributed by atoms with Crippen LogP contribution in [0.15, 0.2) is 18.3 Å². The molecule has 1 aromatic heterocycles. The number of hydrogen-bond donors (Lipinski definition) is 1. The quantitative estimate of drug-likeness (QED) is 0.634. The zero-order valence-corrected chi connectivity index (χ0v) is 9.46. The maximum atomic E-state index is 10.4. The molecule has 0 aliphatic carbocycles. The summed E-state index contributed by atoms with van der Waals surface area (Å²) in [5.74, 6) is 0.433. The number of nitro groups is 1. The second-order valence-corrected chi connectivity index (χ2v) is 4.07. The second-order valence-electron chi connectivity index (χ2n) is 4.07. The van der Waals surface area contributed by atoms with Crippen LogP contribution < -0.4 is 10.1 Å². The van der Waals surface area contributed by atoms with Gasteiger partial charge in [-0.25, -0.2) is 4.98 Å². The number of nitrogens with one attached hydrogen (secondary N) is 1. The van der Waals surface area contributed by atoms with Gasteiger partial charge in [-0.1, -0.05) is 6.42 Å². The van der Waals surface area contributed by atoms with Gasteiger partial charge in [0.15, 0.2) is 0 Å². The minimum absolute atomic E-state index is 0.0202. The average Bonchev–Trinajstić information content (AvgIpc) is 2.38. The third-order valence-electron chi connectivity index (χ3n) is 2.78. The fraction of sp³-hybridized carbons (Fsp3) is 0.545. The first kappa shape index (κ1) is 11.8. The summed E-state index contributed by atoms with van der Waals surface area (Å²) in [5.41, 5.74) is -0.0202. The molecule has 1 fully saturated rings. The third kappa shape index (κ3) is 3.39. The highest BCUT2D eigenvalue weighted by Crippen LogP contribution is 2.14. The minimum atomic E-state index is -0.473.